The summed E-state index contributed by atoms with van der Waals surface area (Å²) in [5, 5.41) is 11.0. The molecule has 9 heteroatoms. The zero-order valence-electron chi connectivity index (χ0n) is 20.6. The quantitative estimate of drug-likeness (QED) is 0.152. The predicted octanol–water partition coefficient (Wildman–Crippen LogP) is 5.59. The van der Waals surface area contributed by atoms with Gasteiger partial charge in [-0.1, -0.05) is 36.4 Å². The number of hydrogen-bond donors (Lipinski definition) is 0. The van der Waals surface area contributed by atoms with E-state index in [1.54, 1.807) is 72.8 Å². The molecular formula is C29H22N4O5. The minimum Gasteiger partial charge on any atom is -0.318 e. The summed E-state index contributed by atoms with van der Waals surface area (Å²) in [4.78, 5) is 53.3. The summed E-state index contributed by atoms with van der Waals surface area (Å²) in [7, 11) is 0. The van der Waals surface area contributed by atoms with Crippen LogP contribution in [0.3, 0.4) is 0 Å². The second-order valence-electron chi connectivity index (χ2n) is 8.73. The first kappa shape index (κ1) is 24.4. The van der Waals surface area contributed by atoms with Gasteiger partial charge in [0.1, 0.15) is 5.57 Å². The van der Waals surface area contributed by atoms with E-state index in [1.807, 2.05) is 24.5 Å². The van der Waals surface area contributed by atoms with E-state index in [2.05, 4.69) is 0 Å². The molecule has 1 fully saturated rings. The van der Waals surface area contributed by atoms with Gasteiger partial charge in [0, 0.05) is 29.2 Å². The van der Waals surface area contributed by atoms with Crippen molar-refractivity contribution in [2.24, 2.45) is 0 Å². The van der Waals surface area contributed by atoms with Gasteiger partial charge >= 0.3 is 6.03 Å². The summed E-state index contributed by atoms with van der Waals surface area (Å²) in [5.41, 5.74) is 3.33. The molecule has 38 heavy (non-hydrogen) atoms. The Hall–Kier alpha value is -5.31. The van der Waals surface area contributed by atoms with E-state index in [9.17, 15) is 24.5 Å². The number of para-hydroxylation sites is 2. The average molecular weight is 507 g/mol. The first-order valence-electron chi connectivity index (χ1n) is 11.8. The van der Waals surface area contributed by atoms with Crippen LogP contribution in [0.2, 0.25) is 0 Å². The first-order valence-corrected chi connectivity index (χ1v) is 11.8. The second-order valence-corrected chi connectivity index (χ2v) is 8.73. The lowest BCUT2D eigenvalue weighted by atomic mass is 10.0. The van der Waals surface area contributed by atoms with Crippen LogP contribution in [0.1, 0.15) is 17.0 Å². The molecule has 4 amide bonds. The highest BCUT2D eigenvalue weighted by Crippen LogP contribution is 2.31. The summed E-state index contributed by atoms with van der Waals surface area (Å²) in [6.07, 6.45) is 1.49. The van der Waals surface area contributed by atoms with E-state index in [4.69, 9.17) is 0 Å². The number of urea groups is 1. The number of aryl methyl sites for hydroxylation is 1. The second kappa shape index (κ2) is 9.62. The van der Waals surface area contributed by atoms with Crippen LogP contribution in [0.4, 0.5) is 21.9 Å². The number of amides is 4. The van der Waals surface area contributed by atoms with E-state index in [0.29, 0.717) is 22.6 Å². The summed E-state index contributed by atoms with van der Waals surface area (Å²) in [5.74, 6) is -1.45. The molecule has 0 unspecified atom stereocenters. The van der Waals surface area contributed by atoms with Gasteiger partial charge in [0.2, 0.25) is 0 Å². The zero-order chi connectivity index (χ0) is 27.0. The van der Waals surface area contributed by atoms with Crippen molar-refractivity contribution in [3.63, 3.8) is 0 Å². The standard InChI is InChI=1S/C29H22N4O5/c1-19-17-21(20(2)30(19)24-13-15-25(16-14-24)33(37)38)18-26-27(34)31(22-9-5-3-6-10-22)29(36)32(28(26)35)23-11-7-4-8-12-23/h3-18H,1-2H3. The highest BCUT2D eigenvalue weighted by atomic mass is 16.6. The first-order chi connectivity index (χ1) is 18.3. The van der Waals surface area contributed by atoms with E-state index in [1.165, 1.54) is 18.2 Å². The number of nitro benzene ring substituents is 1. The average Bonchev–Trinajstić information content (AvgIpc) is 3.20. The number of imide groups is 2. The number of nitro groups is 1. The predicted molar refractivity (Wildman–Crippen MR) is 143 cm³/mol. The number of aromatic nitrogens is 1. The maximum Gasteiger partial charge on any atom is 0.343 e. The van der Waals surface area contributed by atoms with Gasteiger partial charge in [-0.05, 0) is 68.0 Å². The summed E-state index contributed by atoms with van der Waals surface area (Å²) in [6, 6.07) is 24.1. The highest BCUT2D eigenvalue weighted by molar-refractivity contribution is 6.46. The number of nitrogens with zero attached hydrogens (tertiary/aromatic N) is 4. The molecule has 9 nitrogen and oxygen atoms in total. The van der Waals surface area contributed by atoms with Crippen LogP contribution in [-0.2, 0) is 9.59 Å². The number of rotatable bonds is 5. The Balaban J connectivity index is 1.62. The molecule has 1 aliphatic rings. The van der Waals surface area contributed by atoms with E-state index in [0.717, 1.165) is 21.2 Å². The summed E-state index contributed by atoms with van der Waals surface area (Å²) >= 11 is 0. The number of barbiturate groups is 1. The molecule has 1 aliphatic heterocycles. The lowest BCUT2D eigenvalue weighted by Gasteiger charge is -2.33. The van der Waals surface area contributed by atoms with Gasteiger partial charge in [0.15, 0.2) is 0 Å². The minimum atomic E-state index is -0.758. The molecule has 0 atom stereocenters. The monoisotopic (exact) mass is 506 g/mol. The third-order valence-electron chi connectivity index (χ3n) is 6.37. The molecule has 1 saturated heterocycles. The Labute approximate surface area is 218 Å². The third-order valence-corrected chi connectivity index (χ3v) is 6.37. The highest BCUT2D eigenvalue weighted by Gasteiger charge is 2.43. The molecule has 1 aromatic heterocycles. The Bertz CT molecular complexity index is 1540. The maximum atomic E-state index is 13.6. The molecule has 0 aliphatic carbocycles. The number of benzene rings is 3. The van der Waals surface area contributed by atoms with Crippen molar-refractivity contribution in [1.82, 2.24) is 4.57 Å². The van der Waals surface area contributed by atoms with Gasteiger partial charge < -0.3 is 4.57 Å². The van der Waals surface area contributed by atoms with Crippen molar-refractivity contribution < 1.29 is 19.3 Å². The Kier molecular flexibility index (Phi) is 6.18. The molecule has 0 bridgehead atoms. The van der Waals surface area contributed by atoms with Gasteiger partial charge in [-0.3, -0.25) is 19.7 Å². The number of anilines is 2. The maximum absolute atomic E-state index is 13.6. The Morgan fingerprint density at radius 1 is 0.711 bits per heavy atom. The van der Waals surface area contributed by atoms with Crippen molar-refractivity contribution in [1.29, 1.82) is 0 Å². The molecule has 4 aromatic rings. The van der Waals surface area contributed by atoms with Crippen molar-refractivity contribution in [3.8, 4) is 5.69 Å². The van der Waals surface area contributed by atoms with Gasteiger partial charge in [0.05, 0.1) is 16.3 Å². The lowest BCUT2D eigenvalue weighted by Crippen LogP contribution is -2.57. The fourth-order valence-electron chi connectivity index (χ4n) is 4.55. The number of hydrogen-bond acceptors (Lipinski definition) is 5. The van der Waals surface area contributed by atoms with Crippen LogP contribution in [-0.4, -0.2) is 27.3 Å². The van der Waals surface area contributed by atoms with Crippen LogP contribution in [0.5, 0.6) is 0 Å². The van der Waals surface area contributed by atoms with Crippen molar-refractivity contribution >= 4 is 41.0 Å². The van der Waals surface area contributed by atoms with Gasteiger partial charge in [-0.2, -0.15) is 0 Å². The molecule has 0 spiro atoms. The smallest absolute Gasteiger partial charge is 0.318 e. The largest absolute Gasteiger partial charge is 0.343 e. The Morgan fingerprint density at radius 2 is 1.21 bits per heavy atom. The normalized spacial score (nSPS) is 13.7. The SMILES string of the molecule is Cc1cc(C=C2C(=O)N(c3ccccc3)C(=O)N(c3ccccc3)C2=O)c(C)n1-c1ccc([N+](=O)[O-])cc1. The van der Waals surface area contributed by atoms with Crippen LogP contribution in [0.25, 0.3) is 11.8 Å². The summed E-state index contributed by atoms with van der Waals surface area (Å²) < 4.78 is 1.88. The number of carbonyl (C=O) groups excluding carboxylic acids is 3. The number of non-ortho nitro benzene ring substituents is 1. The van der Waals surface area contributed by atoms with Crippen LogP contribution < -0.4 is 9.80 Å². The van der Waals surface area contributed by atoms with E-state index in [-0.39, 0.29) is 11.3 Å². The molecule has 2 heterocycles. The van der Waals surface area contributed by atoms with Crippen molar-refractivity contribution in [2.75, 3.05) is 9.80 Å². The third kappa shape index (κ3) is 4.16. The van der Waals surface area contributed by atoms with Crippen LogP contribution in [0, 0.1) is 24.0 Å². The minimum absolute atomic E-state index is 0.0244. The topological polar surface area (TPSA) is 106 Å². The number of carbonyl (C=O) groups is 3. The van der Waals surface area contributed by atoms with Gasteiger partial charge in [-0.15, -0.1) is 0 Å². The molecule has 3 aromatic carbocycles. The van der Waals surface area contributed by atoms with Gasteiger partial charge in [0.25, 0.3) is 17.5 Å². The summed E-state index contributed by atoms with van der Waals surface area (Å²) in [6.45, 7) is 3.69. The zero-order valence-corrected chi connectivity index (χ0v) is 20.6. The molecule has 5 rings (SSSR count). The Morgan fingerprint density at radius 3 is 1.68 bits per heavy atom. The van der Waals surface area contributed by atoms with Crippen LogP contribution in [0.15, 0.2) is 96.6 Å². The molecule has 188 valence electrons. The van der Waals surface area contributed by atoms with Crippen molar-refractivity contribution in [2.45, 2.75) is 13.8 Å². The van der Waals surface area contributed by atoms with Crippen molar-refractivity contribution in [3.05, 3.63) is 124 Å². The van der Waals surface area contributed by atoms with E-state index >= 15 is 0 Å². The molecule has 0 saturated carbocycles. The van der Waals surface area contributed by atoms with Crippen LogP contribution >= 0.6 is 0 Å². The lowest BCUT2D eigenvalue weighted by molar-refractivity contribution is -0.384. The van der Waals surface area contributed by atoms with Gasteiger partial charge in [-0.25, -0.2) is 14.6 Å². The molecule has 0 N–H and O–H groups in total. The fourth-order valence-corrected chi connectivity index (χ4v) is 4.55. The molecular weight excluding hydrogens is 484 g/mol. The fraction of sp³-hybridized carbons (Fsp3) is 0.0690. The molecule has 0 radical (unpaired) electrons. The van der Waals surface area contributed by atoms with E-state index < -0.39 is 22.8 Å².